The van der Waals surface area contributed by atoms with Gasteiger partial charge < -0.3 is 9.84 Å². The summed E-state index contributed by atoms with van der Waals surface area (Å²) >= 11 is 3.40. The highest BCUT2D eigenvalue weighted by Crippen LogP contribution is 2.30. The zero-order chi connectivity index (χ0) is 20.4. The molecule has 4 aromatic rings. The molecule has 0 unspecified atom stereocenters. The van der Waals surface area contributed by atoms with Crippen LogP contribution in [0.15, 0.2) is 87.1 Å². The molecule has 1 heterocycles. The molecular weight excluding hydrogens is 432 g/mol. The molecule has 144 valence electrons. The van der Waals surface area contributed by atoms with Gasteiger partial charge in [-0.05, 0) is 42.5 Å². The number of para-hydroxylation sites is 2. The van der Waals surface area contributed by atoms with E-state index >= 15 is 0 Å². The van der Waals surface area contributed by atoms with Gasteiger partial charge >= 0.3 is 0 Å². The molecule has 29 heavy (non-hydrogen) atoms. The molecule has 1 aromatic heterocycles. The number of fused-ring (bicyclic) bond motifs is 1. The van der Waals surface area contributed by atoms with Crippen LogP contribution in [0.3, 0.4) is 0 Å². The maximum absolute atomic E-state index is 13.2. The Labute approximate surface area is 175 Å². The summed E-state index contributed by atoms with van der Waals surface area (Å²) in [5.74, 6) is 0.287. The third-order valence-electron chi connectivity index (χ3n) is 4.60. The first kappa shape index (κ1) is 19.0. The Hall–Kier alpha value is -3.38. The number of ether oxygens (including phenoxy) is 1. The molecule has 5 nitrogen and oxygen atoms in total. The van der Waals surface area contributed by atoms with Gasteiger partial charge in [0.1, 0.15) is 5.75 Å². The number of rotatable bonds is 4. The third-order valence-corrected chi connectivity index (χ3v) is 5.13. The third kappa shape index (κ3) is 3.54. The fourth-order valence-electron chi connectivity index (χ4n) is 3.19. The molecule has 0 aliphatic heterocycles. The largest absolute Gasteiger partial charge is 0.495 e. The zero-order valence-electron chi connectivity index (χ0n) is 15.5. The summed E-state index contributed by atoms with van der Waals surface area (Å²) < 4.78 is 7.60. The standard InChI is InChI=1S/C23H17BrN2O3/c1-29-21-9-5-4-8-20(21)26-22(27)18-7-3-2-6-17(18)19(23(26)28)14-25-16-12-10-15(24)11-13-16/h2-14,28H,1H3. The summed E-state index contributed by atoms with van der Waals surface area (Å²) in [4.78, 5) is 17.7. The number of aliphatic imine (C=N–C) groups is 1. The van der Waals surface area contributed by atoms with Crippen LogP contribution in [0.5, 0.6) is 11.6 Å². The number of methoxy groups -OCH3 is 1. The Morgan fingerprint density at radius 1 is 0.966 bits per heavy atom. The van der Waals surface area contributed by atoms with Crippen LogP contribution < -0.4 is 10.3 Å². The number of hydrogen-bond donors (Lipinski definition) is 1. The highest BCUT2D eigenvalue weighted by Gasteiger charge is 2.18. The summed E-state index contributed by atoms with van der Waals surface area (Å²) in [6, 6.07) is 21.7. The summed E-state index contributed by atoms with van der Waals surface area (Å²) in [5.41, 5.74) is 1.31. The molecule has 0 fully saturated rings. The van der Waals surface area contributed by atoms with Gasteiger partial charge in [0.15, 0.2) is 0 Å². The van der Waals surface area contributed by atoms with Gasteiger partial charge in [0.2, 0.25) is 5.88 Å². The normalized spacial score (nSPS) is 11.2. The predicted molar refractivity (Wildman–Crippen MR) is 119 cm³/mol. The Kier molecular flexibility index (Phi) is 5.18. The van der Waals surface area contributed by atoms with E-state index in [1.807, 2.05) is 30.3 Å². The lowest BCUT2D eigenvalue weighted by Crippen LogP contribution is -2.20. The highest BCUT2D eigenvalue weighted by molar-refractivity contribution is 9.10. The molecule has 0 saturated carbocycles. The van der Waals surface area contributed by atoms with Crippen molar-refractivity contribution in [3.05, 3.63) is 93.2 Å². The number of nitrogens with zero attached hydrogens (tertiary/aromatic N) is 2. The molecule has 4 rings (SSSR count). The number of hydrogen-bond acceptors (Lipinski definition) is 4. The van der Waals surface area contributed by atoms with Crippen molar-refractivity contribution in [3.8, 4) is 17.3 Å². The van der Waals surface area contributed by atoms with Gasteiger partial charge in [-0.15, -0.1) is 0 Å². The molecule has 0 atom stereocenters. The van der Waals surface area contributed by atoms with Crippen molar-refractivity contribution in [2.24, 2.45) is 4.99 Å². The minimum absolute atomic E-state index is 0.195. The number of pyridine rings is 1. The SMILES string of the molecule is COc1ccccc1-n1c(O)c(C=Nc2ccc(Br)cc2)c2ccccc2c1=O. The molecule has 0 aliphatic carbocycles. The lowest BCUT2D eigenvalue weighted by atomic mass is 10.1. The van der Waals surface area contributed by atoms with Gasteiger partial charge in [-0.1, -0.05) is 46.3 Å². The van der Waals surface area contributed by atoms with Crippen LogP contribution in [0.2, 0.25) is 0 Å². The van der Waals surface area contributed by atoms with Crippen molar-refractivity contribution in [1.82, 2.24) is 4.57 Å². The average Bonchev–Trinajstić information content (AvgIpc) is 2.75. The van der Waals surface area contributed by atoms with Crippen molar-refractivity contribution in [2.45, 2.75) is 0 Å². The number of aromatic nitrogens is 1. The van der Waals surface area contributed by atoms with E-state index < -0.39 is 0 Å². The van der Waals surface area contributed by atoms with Crippen molar-refractivity contribution in [1.29, 1.82) is 0 Å². The van der Waals surface area contributed by atoms with Crippen molar-refractivity contribution >= 4 is 38.6 Å². The predicted octanol–water partition coefficient (Wildman–Crippen LogP) is 5.22. The number of aromatic hydroxyl groups is 1. The van der Waals surface area contributed by atoms with E-state index in [0.29, 0.717) is 27.8 Å². The lowest BCUT2D eigenvalue weighted by Gasteiger charge is -2.16. The van der Waals surface area contributed by atoms with E-state index in [1.54, 1.807) is 48.7 Å². The first-order chi connectivity index (χ1) is 14.1. The quantitative estimate of drug-likeness (QED) is 0.435. The van der Waals surface area contributed by atoms with Gasteiger partial charge in [0.05, 0.1) is 24.0 Å². The monoisotopic (exact) mass is 448 g/mol. The van der Waals surface area contributed by atoms with Crippen LogP contribution in [0.25, 0.3) is 16.5 Å². The zero-order valence-corrected chi connectivity index (χ0v) is 17.1. The Morgan fingerprint density at radius 2 is 1.62 bits per heavy atom. The Balaban J connectivity index is 1.99. The van der Waals surface area contributed by atoms with E-state index in [-0.39, 0.29) is 11.4 Å². The number of benzene rings is 3. The van der Waals surface area contributed by atoms with Crippen LogP contribution >= 0.6 is 15.9 Å². The van der Waals surface area contributed by atoms with Crippen LogP contribution in [0.4, 0.5) is 5.69 Å². The maximum atomic E-state index is 13.2. The summed E-state index contributed by atoms with van der Waals surface area (Å²) in [5, 5.41) is 12.2. The fourth-order valence-corrected chi connectivity index (χ4v) is 3.46. The maximum Gasteiger partial charge on any atom is 0.265 e. The first-order valence-corrected chi connectivity index (χ1v) is 9.69. The Morgan fingerprint density at radius 3 is 2.34 bits per heavy atom. The summed E-state index contributed by atoms with van der Waals surface area (Å²) in [6.07, 6.45) is 1.58. The van der Waals surface area contributed by atoms with E-state index in [1.165, 1.54) is 11.7 Å². The van der Waals surface area contributed by atoms with Crippen molar-refractivity contribution in [3.63, 3.8) is 0 Å². The van der Waals surface area contributed by atoms with Gasteiger partial charge in [0, 0.05) is 21.5 Å². The molecule has 0 aliphatic rings. The molecular formula is C23H17BrN2O3. The van der Waals surface area contributed by atoms with Crippen LogP contribution in [-0.2, 0) is 0 Å². The van der Waals surface area contributed by atoms with Crippen molar-refractivity contribution < 1.29 is 9.84 Å². The Bertz CT molecular complexity index is 1280. The second-order valence-electron chi connectivity index (χ2n) is 6.33. The van der Waals surface area contributed by atoms with E-state index in [0.717, 1.165) is 10.2 Å². The van der Waals surface area contributed by atoms with Crippen molar-refractivity contribution in [2.75, 3.05) is 7.11 Å². The average molecular weight is 449 g/mol. The van der Waals surface area contributed by atoms with Crippen LogP contribution in [0, 0.1) is 0 Å². The summed E-state index contributed by atoms with van der Waals surface area (Å²) in [7, 11) is 1.53. The van der Waals surface area contributed by atoms with Crippen LogP contribution in [-0.4, -0.2) is 23.0 Å². The second-order valence-corrected chi connectivity index (χ2v) is 7.25. The first-order valence-electron chi connectivity index (χ1n) is 8.90. The smallest absolute Gasteiger partial charge is 0.265 e. The molecule has 6 heteroatoms. The number of halogens is 1. The van der Waals surface area contributed by atoms with E-state index in [2.05, 4.69) is 20.9 Å². The minimum atomic E-state index is -0.330. The molecule has 0 bridgehead atoms. The van der Waals surface area contributed by atoms with E-state index in [4.69, 9.17) is 4.74 Å². The van der Waals surface area contributed by atoms with Crippen LogP contribution in [0.1, 0.15) is 5.56 Å². The molecule has 1 N–H and O–H groups in total. The van der Waals surface area contributed by atoms with Gasteiger partial charge in [-0.25, -0.2) is 4.57 Å². The van der Waals surface area contributed by atoms with E-state index in [9.17, 15) is 9.90 Å². The molecule has 3 aromatic carbocycles. The topological polar surface area (TPSA) is 63.8 Å². The minimum Gasteiger partial charge on any atom is -0.495 e. The van der Waals surface area contributed by atoms with Gasteiger partial charge in [-0.2, -0.15) is 0 Å². The molecule has 0 saturated heterocycles. The molecule has 0 amide bonds. The van der Waals surface area contributed by atoms with Gasteiger partial charge in [-0.3, -0.25) is 9.79 Å². The van der Waals surface area contributed by atoms with Gasteiger partial charge in [0.25, 0.3) is 5.56 Å². The molecule has 0 radical (unpaired) electrons. The fraction of sp³-hybridized carbons (Fsp3) is 0.0435. The highest BCUT2D eigenvalue weighted by atomic mass is 79.9. The lowest BCUT2D eigenvalue weighted by molar-refractivity contribution is 0.404. The second kappa shape index (κ2) is 7.93. The molecule has 0 spiro atoms. The summed E-state index contributed by atoms with van der Waals surface area (Å²) in [6.45, 7) is 0.